The van der Waals surface area contributed by atoms with Gasteiger partial charge in [-0.25, -0.2) is 0 Å². The lowest BCUT2D eigenvalue weighted by atomic mass is 9.33. The molecule has 2 aromatic carbocycles. The van der Waals surface area contributed by atoms with E-state index in [1.54, 1.807) is 13.8 Å². The Morgan fingerprint density at radius 2 is 1.44 bits per heavy atom. The Kier molecular flexibility index (Phi) is 15.5. The van der Waals surface area contributed by atoms with Crippen LogP contribution in [0.2, 0.25) is 0 Å². The number of benzene rings is 2. The maximum absolute atomic E-state index is 14.9. The highest BCUT2D eigenvalue weighted by Crippen LogP contribution is 2.75. The fourth-order valence-electron chi connectivity index (χ4n) is 14.3. The molecule has 1 unspecified atom stereocenters. The van der Waals surface area contributed by atoms with Crippen molar-refractivity contribution < 1.29 is 37.5 Å². The average Bonchev–Trinajstić information content (AvgIpc) is 3.27. The molecule has 2 amide bonds. The molecule has 374 valence electrons. The van der Waals surface area contributed by atoms with Gasteiger partial charge in [-0.3, -0.25) is 23.7 Å². The van der Waals surface area contributed by atoms with Gasteiger partial charge >= 0.3 is 13.6 Å². The summed E-state index contributed by atoms with van der Waals surface area (Å²) in [6.07, 6.45) is 11.9. The van der Waals surface area contributed by atoms with E-state index < -0.39 is 18.8 Å². The molecule has 68 heavy (non-hydrogen) atoms. The second-order valence-corrected chi connectivity index (χ2v) is 25.9. The number of ether oxygens (including phenoxy) is 1. The Morgan fingerprint density at radius 3 is 2.07 bits per heavy atom. The first kappa shape index (κ1) is 52.5. The third-order valence-corrected chi connectivity index (χ3v) is 21.1. The number of halogens is 1. The molecule has 0 aliphatic heterocycles. The molecule has 0 bridgehead atoms. The molecule has 0 radical (unpaired) electrons. The summed E-state index contributed by atoms with van der Waals surface area (Å²) >= 11 is 3.47. The standard InChI is InChI=1S/C55H79BrN3O8P/c1-11-65-68(64,66-12-2)48(38-17-19-39(56)20-18-38)59-40-21-15-37(16-22-40)33-46(62)57-31-13-14-32-58-49(63)52(7)28-27-51(6)29-30-54(9)41(42(51)35-52)34-43(61)47-53(8)25-24-45(67-36(3)60)50(4,5)44(53)23-26-55(47,54)10/h15-22,34,42,44-45,47-48,59H,11-14,23-33,35H2,1-10H3,(H,57,62)(H,58,63)/t42-,44-,45-,47+,48?,51+,52-,53-,54+,55+/m0/s1. The fourth-order valence-corrected chi connectivity index (χ4v) is 16.5. The van der Waals surface area contributed by atoms with E-state index in [2.05, 4.69) is 86.4 Å². The maximum atomic E-state index is 14.9. The first-order valence-corrected chi connectivity index (χ1v) is 27.9. The topological polar surface area (TPSA) is 149 Å². The minimum atomic E-state index is -3.57. The second kappa shape index (κ2) is 20.1. The summed E-state index contributed by atoms with van der Waals surface area (Å²) < 4.78 is 32.2. The third-order valence-electron chi connectivity index (χ3n) is 18.3. The highest BCUT2D eigenvalue weighted by atomic mass is 79.9. The summed E-state index contributed by atoms with van der Waals surface area (Å²) in [7, 11) is -3.57. The van der Waals surface area contributed by atoms with Gasteiger partial charge in [-0.2, -0.15) is 0 Å². The average molecular weight is 1020 g/mol. The number of anilines is 1. The lowest BCUT2D eigenvalue weighted by Crippen LogP contribution is -2.66. The number of hydrogen-bond acceptors (Lipinski definition) is 9. The summed E-state index contributed by atoms with van der Waals surface area (Å²) in [5.74, 6) is -0.351. The van der Waals surface area contributed by atoms with Crippen molar-refractivity contribution >= 4 is 52.8 Å². The zero-order valence-electron chi connectivity index (χ0n) is 42.5. The van der Waals surface area contributed by atoms with Crippen LogP contribution in [0.5, 0.6) is 0 Å². The van der Waals surface area contributed by atoms with Crippen LogP contribution in [0, 0.1) is 50.2 Å². The van der Waals surface area contributed by atoms with Crippen LogP contribution in [0.15, 0.2) is 64.7 Å². The minimum absolute atomic E-state index is 0.0412. The number of hydrogen-bond donors (Lipinski definition) is 3. The number of nitrogens with one attached hydrogen (secondary N) is 3. The molecule has 4 saturated carbocycles. The predicted octanol–water partition coefficient (Wildman–Crippen LogP) is 12.3. The molecular weight excluding hydrogens is 941 g/mol. The largest absolute Gasteiger partial charge is 0.462 e. The summed E-state index contributed by atoms with van der Waals surface area (Å²) in [5, 5.41) is 9.68. The van der Waals surface area contributed by atoms with Crippen molar-refractivity contribution in [2.24, 2.45) is 50.2 Å². The van der Waals surface area contributed by atoms with Gasteiger partial charge in [0, 0.05) is 46.9 Å². The number of unbranched alkanes of at least 4 members (excludes halogenated alkanes) is 1. The highest BCUT2D eigenvalue weighted by Gasteiger charge is 2.70. The minimum Gasteiger partial charge on any atom is -0.462 e. The monoisotopic (exact) mass is 1020 g/mol. The van der Waals surface area contributed by atoms with Crippen molar-refractivity contribution in [2.75, 3.05) is 31.6 Å². The van der Waals surface area contributed by atoms with Crippen LogP contribution < -0.4 is 16.0 Å². The van der Waals surface area contributed by atoms with Gasteiger partial charge in [-0.05, 0) is 159 Å². The number of esters is 1. The molecule has 7 rings (SSSR count). The van der Waals surface area contributed by atoms with Gasteiger partial charge in [-0.1, -0.05) is 94.2 Å². The van der Waals surface area contributed by atoms with Gasteiger partial charge in [0.1, 0.15) is 6.10 Å². The quantitative estimate of drug-likeness (QED) is 0.0800. The number of fused-ring (bicyclic) bond motifs is 7. The van der Waals surface area contributed by atoms with Crippen LogP contribution in [-0.2, 0) is 43.9 Å². The Morgan fingerprint density at radius 1 is 0.809 bits per heavy atom. The van der Waals surface area contributed by atoms with Crippen molar-refractivity contribution in [3.63, 3.8) is 0 Å². The summed E-state index contributed by atoms with van der Waals surface area (Å²) in [5.41, 5.74) is 2.36. The molecule has 13 heteroatoms. The fraction of sp³-hybridized carbons (Fsp3) is 0.673. The first-order valence-electron chi connectivity index (χ1n) is 25.5. The maximum Gasteiger partial charge on any atom is 0.357 e. The number of carbonyl (C=O) groups is 4. The van der Waals surface area contributed by atoms with E-state index in [1.807, 2.05) is 48.5 Å². The Balaban J connectivity index is 0.915. The van der Waals surface area contributed by atoms with Crippen molar-refractivity contribution in [1.82, 2.24) is 10.6 Å². The first-order chi connectivity index (χ1) is 32.0. The molecule has 11 nitrogen and oxygen atoms in total. The van der Waals surface area contributed by atoms with Gasteiger partial charge in [0.15, 0.2) is 11.6 Å². The van der Waals surface area contributed by atoms with Crippen LogP contribution in [0.1, 0.15) is 157 Å². The number of ketones is 1. The molecule has 5 aliphatic carbocycles. The number of rotatable bonds is 17. The molecule has 5 aliphatic rings. The molecule has 10 atom stereocenters. The zero-order valence-corrected chi connectivity index (χ0v) is 45.0. The predicted molar refractivity (Wildman–Crippen MR) is 272 cm³/mol. The molecule has 2 aromatic rings. The molecule has 3 N–H and O–H groups in total. The van der Waals surface area contributed by atoms with E-state index in [0.29, 0.717) is 13.1 Å². The summed E-state index contributed by atoms with van der Waals surface area (Å²) in [4.78, 5) is 54.1. The smallest absolute Gasteiger partial charge is 0.357 e. The molecule has 4 fully saturated rings. The summed E-state index contributed by atoms with van der Waals surface area (Å²) in [6.45, 7) is 22.9. The normalized spacial score (nSPS) is 33.3. The number of amides is 2. The van der Waals surface area contributed by atoms with E-state index in [4.69, 9.17) is 13.8 Å². The number of allylic oxidation sites excluding steroid dienone is 2. The Bertz CT molecular complexity index is 2280. The SMILES string of the molecule is CCOP(=O)(OCC)C(Nc1ccc(CC(=O)NCCCCNC(=O)[C@@]2(C)CC[C@]3(C)CC[C@]4(C)C(=CC(=O)[C@@H]5[C@@]6(C)CC[C@H](OC(C)=O)C(C)(C)[C@@H]6CC[C@]54C)[C@@H]3C2)cc1)c1ccc(Br)cc1. The van der Waals surface area contributed by atoms with Gasteiger partial charge in [0.05, 0.1) is 19.6 Å². The lowest BCUT2D eigenvalue weighted by molar-refractivity contribution is -0.210. The lowest BCUT2D eigenvalue weighted by Gasteiger charge is -2.70. The molecule has 0 heterocycles. The second-order valence-electron chi connectivity index (χ2n) is 22.9. The van der Waals surface area contributed by atoms with E-state index >= 15 is 0 Å². The van der Waals surface area contributed by atoms with E-state index in [0.717, 1.165) is 91.9 Å². The molecular formula is C55H79BrN3O8P. The zero-order chi connectivity index (χ0) is 49.5. The van der Waals surface area contributed by atoms with Crippen molar-refractivity contribution in [3.8, 4) is 0 Å². The molecule has 0 aromatic heterocycles. The van der Waals surface area contributed by atoms with Crippen molar-refractivity contribution in [2.45, 2.75) is 158 Å². The van der Waals surface area contributed by atoms with Crippen LogP contribution in [0.4, 0.5) is 5.69 Å². The van der Waals surface area contributed by atoms with E-state index in [9.17, 15) is 23.7 Å². The summed E-state index contributed by atoms with van der Waals surface area (Å²) in [6, 6.07) is 15.1. The van der Waals surface area contributed by atoms with Crippen LogP contribution in [0.25, 0.3) is 0 Å². The van der Waals surface area contributed by atoms with Crippen molar-refractivity contribution in [3.05, 3.63) is 75.8 Å². The van der Waals surface area contributed by atoms with Gasteiger partial charge < -0.3 is 29.7 Å². The van der Waals surface area contributed by atoms with E-state index in [1.165, 1.54) is 12.5 Å². The molecule has 0 saturated heterocycles. The van der Waals surface area contributed by atoms with Gasteiger partial charge in [0.2, 0.25) is 11.8 Å². The highest BCUT2D eigenvalue weighted by molar-refractivity contribution is 9.10. The van der Waals surface area contributed by atoms with Crippen molar-refractivity contribution in [1.29, 1.82) is 0 Å². The Labute approximate surface area is 414 Å². The van der Waals surface area contributed by atoms with Gasteiger partial charge in [0.25, 0.3) is 0 Å². The number of carbonyl (C=O) groups excluding carboxylic acids is 4. The van der Waals surface area contributed by atoms with E-state index in [-0.39, 0.29) is 94.1 Å². The third kappa shape index (κ3) is 9.84. The van der Waals surface area contributed by atoms with Crippen LogP contribution in [-0.4, -0.2) is 56.0 Å². The molecule has 0 spiro atoms. The Hall–Kier alpha value is -3.31. The van der Waals surface area contributed by atoms with Crippen LogP contribution >= 0.6 is 23.5 Å². The van der Waals surface area contributed by atoms with Crippen LogP contribution in [0.3, 0.4) is 0 Å². The van der Waals surface area contributed by atoms with Gasteiger partial charge in [-0.15, -0.1) is 0 Å².